The molecular formula is C19H39N3O3. The predicted molar refractivity (Wildman–Crippen MR) is 102 cm³/mol. The molecule has 2 amide bonds. The van der Waals surface area contributed by atoms with Crippen LogP contribution in [0.15, 0.2) is 0 Å². The van der Waals surface area contributed by atoms with E-state index in [1.807, 2.05) is 7.05 Å². The number of nitrogens with zero attached hydrogens (tertiary/aromatic N) is 2. The molecule has 3 atom stereocenters. The summed E-state index contributed by atoms with van der Waals surface area (Å²) in [7, 11) is 5.19. The number of ether oxygens (including phenoxy) is 1. The quantitative estimate of drug-likeness (QED) is 0.513. The summed E-state index contributed by atoms with van der Waals surface area (Å²) in [6.45, 7) is 7.06. The van der Waals surface area contributed by atoms with Crippen molar-refractivity contribution in [1.82, 2.24) is 9.80 Å². The fourth-order valence-electron chi connectivity index (χ4n) is 3.12. The Labute approximate surface area is 154 Å². The smallest absolute Gasteiger partial charge is 0.236 e. The number of carbonyl (C=O) groups excluding carboxylic acids is 2. The normalized spacial score (nSPS) is 14.7. The van der Waals surface area contributed by atoms with Gasteiger partial charge in [0.05, 0.1) is 25.1 Å². The summed E-state index contributed by atoms with van der Waals surface area (Å²) in [5, 5.41) is 0. The van der Waals surface area contributed by atoms with Crippen LogP contribution in [0.4, 0.5) is 0 Å². The van der Waals surface area contributed by atoms with Crippen LogP contribution in [0.25, 0.3) is 0 Å². The first-order valence-corrected chi connectivity index (χ1v) is 9.56. The Morgan fingerprint density at radius 1 is 1.08 bits per heavy atom. The lowest BCUT2D eigenvalue weighted by Gasteiger charge is -2.38. The topological polar surface area (TPSA) is 75.9 Å². The van der Waals surface area contributed by atoms with Gasteiger partial charge in [-0.15, -0.1) is 0 Å². The van der Waals surface area contributed by atoms with E-state index in [0.717, 1.165) is 25.8 Å². The van der Waals surface area contributed by atoms with Crippen LogP contribution < -0.4 is 5.73 Å². The zero-order valence-electron chi connectivity index (χ0n) is 17.1. The molecule has 6 heteroatoms. The van der Waals surface area contributed by atoms with Crippen molar-refractivity contribution in [3.8, 4) is 0 Å². The van der Waals surface area contributed by atoms with Gasteiger partial charge in [-0.25, -0.2) is 0 Å². The highest BCUT2D eigenvalue weighted by Gasteiger charge is 2.33. The lowest BCUT2D eigenvalue weighted by atomic mass is 9.91. The van der Waals surface area contributed by atoms with E-state index in [0.29, 0.717) is 0 Å². The second kappa shape index (κ2) is 13.1. The lowest BCUT2D eigenvalue weighted by molar-refractivity contribution is -0.140. The molecule has 0 aliphatic rings. The number of hydrogen-bond donors (Lipinski definition) is 1. The Balaban J connectivity index is 4.92. The van der Waals surface area contributed by atoms with Crippen molar-refractivity contribution >= 4 is 11.8 Å². The number of rotatable bonds is 13. The minimum absolute atomic E-state index is 0.0366. The van der Waals surface area contributed by atoms with Crippen LogP contribution in [-0.2, 0) is 14.3 Å². The Morgan fingerprint density at radius 2 is 1.72 bits per heavy atom. The summed E-state index contributed by atoms with van der Waals surface area (Å²) in [4.78, 5) is 28.1. The van der Waals surface area contributed by atoms with E-state index < -0.39 is 0 Å². The van der Waals surface area contributed by atoms with Crippen LogP contribution >= 0.6 is 0 Å². The monoisotopic (exact) mass is 357 g/mol. The van der Waals surface area contributed by atoms with Gasteiger partial charge in [0.15, 0.2) is 0 Å². The molecule has 6 nitrogen and oxygen atoms in total. The fourth-order valence-corrected chi connectivity index (χ4v) is 3.12. The number of methoxy groups -OCH3 is 1. The number of unbranched alkanes of at least 4 members (excludes halogenated alkanes) is 3. The SMILES string of the molecule is CCCCCCN(C)C(=O)CC(OC)C(C(C)CC)N(C)C(=O)CN. The summed E-state index contributed by atoms with van der Waals surface area (Å²) in [5.74, 6) is 0.145. The summed E-state index contributed by atoms with van der Waals surface area (Å²) in [6, 6.07) is -0.163. The van der Waals surface area contributed by atoms with E-state index >= 15 is 0 Å². The third-order valence-electron chi connectivity index (χ3n) is 5.07. The molecule has 0 bridgehead atoms. The Kier molecular flexibility index (Phi) is 12.5. The van der Waals surface area contributed by atoms with Crippen molar-refractivity contribution in [2.45, 2.75) is 71.4 Å². The lowest BCUT2D eigenvalue weighted by Crippen LogP contribution is -2.52. The Bertz CT molecular complexity index is 390. The van der Waals surface area contributed by atoms with Gasteiger partial charge in [0.1, 0.15) is 0 Å². The molecule has 0 aliphatic carbocycles. The molecule has 25 heavy (non-hydrogen) atoms. The fraction of sp³-hybridized carbons (Fsp3) is 0.895. The van der Waals surface area contributed by atoms with Crippen molar-refractivity contribution in [3.05, 3.63) is 0 Å². The average molecular weight is 358 g/mol. The van der Waals surface area contributed by atoms with Crippen molar-refractivity contribution < 1.29 is 14.3 Å². The van der Waals surface area contributed by atoms with Gasteiger partial charge in [0.2, 0.25) is 11.8 Å². The minimum atomic E-state index is -0.332. The molecule has 0 spiro atoms. The van der Waals surface area contributed by atoms with E-state index in [1.165, 1.54) is 12.8 Å². The maximum atomic E-state index is 12.6. The molecular weight excluding hydrogens is 318 g/mol. The third kappa shape index (κ3) is 8.19. The predicted octanol–water partition coefficient (Wildman–Crippen LogP) is 2.26. The number of hydrogen-bond acceptors (Lipinski definition) is 4. The summed E-state index contributed by atoms with van der Waals surface area (Å²) >= 11 is 0. The Hall–Kier alpha value is -1.14. The van der Waals surface area contributed by atoms with Crippen molar-refractivity contribution in [1.29, 1.82) is 0 Å². The van der Waals surface area contributed by atoms with E-state index in [2.05, 4.69) is 20.8 Å². The molecule has 0 aromatic rings. The second-order valence-corrected chi connectivity index (χ2v) is 6.94. The molecule has 0 fully saturated rings. The zero-order chi connectivity index (χ0) is 19.4. The Morgan fingerprint density at radius 3 is 2.20 bits per heavy atom. The maximum Gasteiger partial charge on any atom is 0.236 e. The van der Waals surface area contributed by atoms with Crippen LogP contribution in [0.2, 0.25) is 0 Å². The number of carbonyl (C=O) groups is 2. The molecule has 0 saturated heterocycles. The van der Waals surface area contributed by atoms with E-state index in [9.17, 15) is 9.59 Å². The highest BCUT2D eigenvalue weighted by atomic mass is 16.5. The van der Waals surface area contributed by atoms with Crippen molar-refractivity contribution in [2.75, 3.05) is 34.3 Å². The zero-order valence-corrected chi connectivity index (χ0v) is 17.1. The van der Waals surface area contributed by atoms with Crippen molar-refractivity contribution in [3.63, 3.8) is 0 Å². The molecule has 2 N–H and O–H groups in total. The van der Waals surface area contributed by atoms with Crippen LogP contribution in [-0.4, -0.2) is 68.1 Å². The summed E-state index contributed by atoms with van der Waals surface area (Å²) < 4.78 is 5.63. The van der Waals surface area contributed by atoms with Crippen LogP contribution in [0.1, 0.15) is 59.3 Å². The van der Waals surface area contributed by atoms with Gasteiger partial charge in [0.25, 0.3) is 0 Å². The second-order valence-electron chi connectivity index (χ2n) is 6.94. The molecule has 3 unspecified atom stereocenters. The molecule has 0 aliphatic heterocycles. The van der Waals surface area contributed by atoms with E-state index in [-0.39, 0.29) is 42.8 Å². The molecule has 0 heterocycles. The highest BCUT2D eigenvalue weighted by Crippen LogP contribution is 2.22. The summed E-state index contributed by atoms with van der Waals surface area (Å²) in [5.41, 5.74) is 5.52. The first kappa shape index (κ1) is 23.9. The molecule has 0 radical (unpaired) electrons. The van der Waals surface area contributed by atoms with Crippen LogP contribution in [0.3, 0.4) is 0 Å². The van der Waals surface area contributed by atoms with Crippen molar-refractivity contribution in [2.24, 2.45) is 11.7 Å². The molecule has 0 saturated carbocycles. The average Bonchev–Trinajstić information content (AvgIpc) is 2.62. The van der Waals surface area contributed by atoms with Gasteiger partial charge < -0.3 is 20.3 Å². The number of amides is 2. The molecule has 148 valence electrons. The van der Waals surface area contributed by atoms with Crippen LogP contribution in [0.5, 0.6) is 0 Å². The first-order valence-electron chi connectivity index (χ1n) is 9.56. The third-order valence-corrected chi connectivity index (χ3v) is 5.07. The van der Waals surface area contributed by atoms with Gasteiger partial charge in [-0.1, -0.05) is 46.5 Å². The molecule has 0 rings (SSSR count). The van der Waals surface area contributed by atoms with Gasteiger partial charge in [-0.05, 0) is 12.3 Å². The standard InChI is InChI=1S/C19H39N3O3/c1-7-9-10-11-12-21(4)17(23)13-16(25-6)19(15(3)8-2)22(5)18(24)14-20/h15-16,19H,7-14,20H2,1-6H3. The molecule has 0 aromatic heterocycles. The largest absolute Gasteiger partial charge is 0.379 e. The number of nitrogens with two attached hydrogens (primary N) is 1. The van der Waals surface area contributed by atoms with Crippen LogP contribution in [0, 0.1) is 5.92 Å². The number of likely N-dealkylation sites (N-methyl/N-ethyl adjacent to an activating group) is 1. The van der Waals surface area contributed by atoms with Gasteiger partial charge in [-0.2, -0.15) is 0 Å². The van der Waals surface area contributed by atoms with E-state index in [4.69, 9.17) is 10.5 Å². The first-order chi connectivity index (χ1) is 11.8. The van der Waals surface area contributed by atoms with Gasteiger partial charge >= 0.3 is 0 Å². The maximum absolute atomic E-state index is 12.6. The minimum Gasteiger partial charge on any atom is -0.379 e. The van der Waals surface area contributed by atoms with Gasteiger partial charge in [-0.3, -0.25) is 9.59 Å². The van der Waals surface area contributed by atoms with Gasteiger partial charge in [0, 0.05) is 27.7 Å². The molecule has 0 aromatic carbocycles. The summed E-state index contributed by atoms with van der Waals surface area (Å²) in [6.07, 6.45) is 5.39. The highest BCUT2D eigenvalue weighted by molar-refractivity contribution is 5.79. The van der Waals surface area contributed by atoms with E-state index in [1.54, 1.807) is 24.0 Å².